The number of ether oxygens (including phenoxy) is 1. The van der Waals surface area contributed by atoms with Gasteiger partial charge in [-0.15, -0.1) is 11.3 Å². The number of aromatic nitrogens is 2. The van der Waals surface area contributed by atoms with E-state index in [4.69, 9.17) is 4.74 Å². The van der Waals surface area contributed by atoms with Crippen LogP contribution in [0.3, 0.4) is 0 Å². The summed E-state index contributed by atoms with van der Waals surface area (Å²) in [5.41, 5.74) is -0.232. The van der Waals surface area contributed by atoms with Gasteiger partial charge in [0.05, 0.1) is 11.0 Å². The zero-order chi connectivity index (χ0) is 14.6. The number of hydrogen-bond donors (Lipinski definition) is 2. The van der Waals surface area contributed by atoms with Crippen molar-refractivity contribution < 1.29 is 4.74 Å². The lowest BCUT2D eigenvalue weighted by molar-refractivity contribution is 0.0343. The van der Waals surface area contributed by atoms with Gasteiger partial charge in [-0.3, -0.25) is 0 Å². The average Bonchev–Trinajstić information content (AvgIpc) is 2.91. The molecule has 0 aliphatic carbocycles. The van der Waals surface area contributed by atoms with Crippen LogP contribution in [0.2, 0.25) is 0 Å². The third-order valence-corrected chi connectivity index (χ3v) is 3.90. The van der Waals surface area contributed by atoms with E-state index < -0.39 is 0 Å². The summed E-state index contributed by atoms with van der Waals surface area (Å²) in [6.45, 7) is 7.78. The molecule has 6 heteroatoms. The first-order valence-electron chi connectivity index (χ1n) is 6.84. The van der Waals surface area contributed by atoms with E-state index in [2.05, 4.69) is 27.5 Å². The summed E-state index contributed by atoms with van der Waals surface area (Å²) in [4.78, 5) is 10.1. The van der Waals surface area contributed by atoms with Crippen LogP contribution in [0.5, 0.6) is 0 Å². The third kappa shape index (κ3) is 3.58. The van der Waals surface area contributed by atoms with E-state index >= 15 is 0 Å². The van der Waals surface area contributed by atoms with Crippen LogP contribution in [0.1, 0.15) is 27.2 Å². The number of thiophene rings is 1. The van der Waals surface area contributed by atoms with E-state index in [-0.39, 0.29) is 5.60 Å². The number of methoxy groups -OCH3 is 1. The van der Waals surface area contributed by atoms with E-state index in [9.17, 15) is 0 Å². The predicted molar refractivity (Wildman–Crippen MR) is 85.8 cm³/mol. The van der Waals surface area contributed by atoms with E-state index in [1.165, 1.54) is 0 Å². The van der Waals surface area contributed by atoms with Crippen LogP contribution < -0.4 is 10.6 Å². The molecular formula is C14H22N4OS. The Kier molecular flexibility index (Phi) is 4.77. The Morgan fingerprint density at radius 2 is 2.10 bits per heavy atom. The molecule has 2 aromatic rings. The Morgan fingerprint density at radius 3 is 2.80 bits per heavy atom. The first-order chi connectivity index (χ1) is 9.55. The molecule has 2 aromatic heterocycles. The molecule has 0 bridgehead atoms. The summed E-state index contributed by atoms with van der Waals surface area (Å²) in [5, 5.41) is 9.71. The molecule has 0 aromatic carbocycles. The molecule has 0 spiro atoms. The standard InChI is InChI=1S/C14H22N4OS/c1-5-7-15-13-17-11(16-9-14(2,3)19-4)10-6-8-20-12(10)18-13/h6,8H,5,7,9H2,1-4H3,(H2,15,16,17,18). The summed E-state index contributed by atoms with van der Waals surface area (Å²) in [5.74, 6) is 1.54. The number of anilines is 2. The van der Waals surface area contributed by atoms with Crippen molar-refractivity contribution in [3.63, 3.8) is 0 Å². The Morgan fingerprint density at radius 1 is 1.30 bits per heavy atom. The van der Waals surface area contributed by atoms with Crippen molar-refractivity contribution in [2.45, 2.75) is 32.8 Å². The van der Waals surface area contributed by atoms with Crippen molar-refractivity contribution in [2.75, 3.05) is 30.8 Å². The van der Waals surface area contributed by atoms with Crippen LogP contribution in [0, 0.1) is 0 Å². The summed E-state index contributed by atoms with van der Waals surface area (Å²) in [6.07, 6.45) is 1.05. The maximum atomic E-state index is 5.43. The fourth-order valence-corrected chi connectivity index (χ4v) is 2.44. The highest BCUT2D eigenvalue weighted by Crippen LogP contribution is 2.27. The van der Waals surface area contributed by atoms with Gasteiger partial charge in [-0.05, 0) is 31.7 Å². The molecule has 2 heterocycles. The monoisotopic (exact) mass is 294 g/mol. The van der Waals surface area contributed by atoms with Crippen molar-refractivity contribution in [1.29, 1.82) is 0 Å². The normalized spacial score (nSPS) is 11.8. The molecule has 2 N–H and O–H groups in total. The van der Waals surface area contributed by atoms with Gasteiger partial charge in [0.1, 0.15) is 10.6 Å². The summed E-state index contributed by atoms with van der Waals surface area (Å²) in [6, 6.07) is 2.05. The second-order valence-electron chi connectivity index (χ2n) is 5.28. The summed E-state index contributed by atoms with van der Waals surface area (Å²) >= 11 is 1.63. The van der Waals surface area contributed by atoms with Gasteiger partial charge in [0.2, 0.25) is 5.95 Å². The zero-order valence-corrected chi connectivity index (χ0v) is 13.3. The van der Waals surface area contributed by atoms with Crippen molar-refractivity contribution in [3.05, 3.63) is 11.4 Å². The maximum Gasteiger partial charge on any atom is 0.226 e. The number of hydrogen-bond acceptors (Lipinski definition) is 6. The highest BCUT2D eigenvalue weighted by atomic mass is 32.1. The fourth-order valence-electron chi connectivity index (χ4n) is 1.67. The number of nitrogens with zero attached hydrogens (tertiary/aromatic N) is 2. The zero-order valence-electron chi connectivity index (χ0n) is 12.5. The lowest BCUT2D eigenvalue weighted by atomic mass is 10.1. The summed E-state index contributed by atoms with van der Waals surface area (Å²) < 4.78 is 5.43. The Balaban J connectivity index is 2.23. The molecule has 0 saturated carbocycles. The van der Waals surface area contributed by atoms with Crippen LogP contribution in [0.15, 0.2) is 11.4 Å². The van der Waals surface area contributed by atoms with Crippen molar-refractivity contribution in [1.82, 2.24) is 9.97 Å². The smallest absolute Gasteiger partial charge is 0.226 e. The largest absolute Gasteiger partial charge is 0.377 e. The molecule has 0 fully saturated rings. The van der Waals surface area contributed by atoms with Gasteiger partial charge in [-0.25, -0.2) is 4.98 Å². The average molecular weight is 294 g/mol. The minimum absolute atomic E-state index is 0.232. The first kappa shape index (κ1) is 15.0. The van der Waals surface area contributed by atoms with Gasteiger partial charge in [0, 0.05) is 20.2 Å². The first-order valence-corrected chi connectivity index (χ1v) is 7.72. The number of rotatable bonds is 7. The molecule has 0 atom stereocenters. The van der Waals surface area contributed by atoms with Gasteiger partial charge >= 0.3 is 0 Å². The quantitative estimate of drug-likeness (QED) is 0.820. The van der Waals surface area contributed by atoms with Gasteiger partial charge < -0.3 is 15.4 Å². The van der Waals surface area contributed by atoms with E-state index in [0.29, 0.717) is 12.5 Å². The lowest BCUT2D eigenvalue weighted by Gasteiger charge is -2.23. The SMILES string of the molecule is CCCNc1nc(NCC(C)(C)OC)c2ccsc2n1. The minimum atomic E-state index is -0.232. The Bertz CT molecular complexity index is 567. The van der Waals surface area contributed by atoms with Gasteiger partial charge in [0.25, 0.3) is 0 Å². The van der Waals surface area contributed by atoms with Crippen molar-refractivity contribution >= 4 is 33.3 Å². The molecule has 0 aliphatic rings. The van der Waals surface area contributed by atoms with Crippen molar-refractivity contribution in [3.8, 4) is 0 Å². The number of nitrogens with one attached hydrogen (secondary N) is 2. The Hall–Kier alpha value is -1.40. The molecule has 0 saturated heterocycles. The minimum Gasteiger partial charge on any atom is -0.377 e. The molecule has 0 amide bonds. The second-order valence-corrected chi connectivity index (χ2v) is 6.17. The Labute approximate surface area is 123 Å². The molecule has 110 valence electrons. The molecule has 20 heavy (non-hydrogen) atoms. The van der Waals surface area contributed by atoms with Crippen LogP contribution >= 0.6 is 11.3 Å². The van der Waals surface area contributed by atoms with Crippen LogP contribution in [-0.4, -0.2) is 35.8 Å². The number of fused-ring (bicyclic) bond motifs is 1. The maximum absolute atomic E-state index is 5.43. The summed E-state index contributed by atoms with van der Waals surface area (Å²) in [7, 11) is 1.72. The second kappa shape index (κ2) is 6.37. The van der Waals surface area contributed by atoms with Crippen LogP contribution in [-0.2, 0) is 4.74 Å². The molecule has 0 unspecified atom stereocenters. The molecular weight excluding hydrogens is 272 g/mol. The van der Waals surface area contributed by atoms with Gasteiger partial charge in [-0.2, -0.15) is 4.98 Å². The highest BCUT2D eigenvalue weighted by Gasteiger charge is 2.17. The van der Waals surface area contributed by atoms with Crippen molar-refractivity contribution in [2.24, 2.45) is 0 Å². The predicted octanol–water partition coefficient (Wildman–Crippen LogP) is 3.35. The van der Waals surface area contributed by atoms with E-state index in [1.807, 2.05) is 25.3 Å². The van der Waals surface area contributed by atoms with Crippen LogP contribution in [0.25, 0.3) is 10.2 Å². The highest BCUT2D eigenvalue weighted by molar-refractivity contribution is 7.16. The third-order valence-electron chi connectivity index (χ3n) is 3.09. The molecule has 0 aliphatic heterocycles. The molecule has 5 nitrogen and oxygen atoms in total. The topological polar surface area (TPSA) is 59.1 Å². The van der Waals surface area contributed by atoms with Crippen LogP contribution in [0.4, 0.5) is 11.8 Å². The van der Waals surface area contributed by atoms with E-state index in [0.717, 1.165) is 29.0 Å². The lowest BCUT2D eigenvalue weighted by Crippen LogP contribution is -2.32. The molecule has 0 radical (unpaired) electrons. The van der Waals surface area contributed by atoms with Gasteiger partial charge in [-0.1, -0.05) is 6.92 Å². The molecule has 2 rings (SSSR count). The fraction of sp³-hybridized carbons (Fsp3) is 0.571. The van der Waals surface area contributed by atoms with Gasteiger partial charge in [0.15, 0.2) is 0 Å². The van der Waals surface area contributed by atoms with E-state index in [1.54, 1.807) is 18.4 Å².